The number of carboxylic acids is 1. The smallest absolute Gasteiger partial charge is 0.332 e. The maximum absolute atomic E-state index is 12.1. The Hall–Kier alpha value is -1.65. The predicted octanol–water partition coefficient (Wildman–Crippen LogP) is 1.05. The summed E-state index contributed by atoms with van der Waals surface area (Å²) in [5.41, 5.74) is -0.122. The number of rotatable bonds is 4. The number of carbonyl (C=O) groups is 3. The van der Waals surface area contributed by atoms with Crippen LogP contribution < -0.4 is 0 Å². The Kier molecular flexibility index (Phi) is 3.24. The summed E-state index contributed by atoms with van der Waals surface area (Å²) in [6.07, 6.45) is 2.49. The van der Waals surface area contributed by atoms with Gasteiger partial charge in [-0.05, 0) is 18.8 Å². The third kappa shape index (κ3) is 1.94. The van der Waals surface area contributed by atoms with Gasteiger partial charge in [0.05, 0.1) is 18.4 Å². The number of carbonyl (C=O) groups excluding carboxylic acids is 2. The summed E-state index contributed by atoms with van der Waals surface area (Å²) in [5, 5.41) is 8.75. The zero-order valence-electron chi connectivity index (χ0n) is 10.4. The van der Waals surface area contributed by atoms with Crippen molar-refractivity contribution in [1.29, 1.82) is 0 Å². The number of nitrogens with zero attached hydrogens (tertiary/aromatic N) is 1. The second-order valence-electron chi connectivity index (χ2n) is 5.13. The van der Waals surface area contributed by atoms with Gasteiger partial charge in [0.2, 0.25) is 11.8 Å². The van der Waals surface area contributed by atoms with E-state index in [0.29, 0.717) is 5.92 Å². The molecule has 18 heavy (non-hydrogen) atoms. The first-order chi connectivity index (χ1) is 8.45. The third-order valence-corrected chi connectivity index (χ3v) is 4.06. The minimum Gasteiger partial charge on any atom is -0.478 e. The SMILES string of the molecule is C=C(CN1C(=O)C2CC(CC)CC2C1=O)C(=O)O. The van der Waals surface area contributed by atoms with Crippen LogP contribution in [0.1, 0.15) is 26.2 Å². The lowest BCUT2D eigenvalue weighted by molar-refractivity contribution is -0.140. The number of likely N-dealkylation sites (tertiary alicyclic amines) is 1. The minimum atomic E-state index is -1.17. The Morgan fingerprint density at radius 3 is 2.22 bits per heavy atom. The largest absolute Gasteiger partial charge is 0.478 e. The van der Waals surface area contributed by atoms with Gasteiger partial charge in [-0.25, -0.2) is 4.79 Å². The van der Waals surface area contributed by atoms with Gasteiger partial charge in [0.25, 0.3) is 0 Å². The average Bonchev–Trinajstić information content (AvgIpc) is 2.84. The molecule has 0 bridgehead atoms. The van der Waals surface area contributed by atoms with Crippen LogP contribution in [0.5, 0.6) is 0 Å². The summed E-state index contributed by atoms with van der Waals surface area (Å²) in [7, 11) is 0. The Morgan fingerprint density at radius 2 is 1.83 bits per heavy atom. The Bertz CT molecular complexity index is 405. The first-order valence-electron chi connectivity index (χ1n) is 6.22. The number of carboxylic acid groups (broad SMARTS) is 1. The first kappa shape index (κ1) is 12.8. The molecule has 5 heteroatoms. The molecule has 0 aromatic carbocycles. The molecule has 2 unspecified atom stereocenters. The molecule has 98 valence electrons. The van der Waals surface area contributed by atoms with Crippen LogP contribution >= 0.6 is 0 Å². The monoisotopic (exact) mass is 251 g/mol. The van der Waals surface area contributed by atoms with Gasteiger partial charge in [0.1, 0.15) is 0 Å². The van der Waals surface area contributed by atoms with E-state index in [1.807, 2.05) is 0 Å². The van der Waals surface area contributed by atoms with Crippen molar-refractivity contribution >= 4 is 17.8 Å². The molecular formula is C13H17NO4. The van der Waals surface area contributed by atoms with Gasteiger partial charge in [-0.2, -0.15) is 0 Å². The number of fused-ring (bicyclic) bond motifs is 1. The van der Waals surface area contributed by atoms with E-state index in [2.05, 4.69) is 13.5 Å². The molecule has 0 aromatic heterocycles. The van der Waals surface area contributed by atoms with E-state index in [0.717, 1.165) is 24.2 Å². The van der Waals surface area contributed by atoms with Crippen molar-refractivity contribution in [2.24, 2.45) is 17.8 Å². The highest BCUT2D eigenvalue weighted by atomic mass is 16.4. The van der Waals surface area contributed by atoms with Crippen LogP contribution in [0, 0.1) is 17.8 Å². The van der Waals surface area contributed by atoms with Gasteiger partial charge in [-0.1, -0.05) is 19.9 Å². The lowest BCUT2D eigenvalue weighted by atomic mass is 10.00. The third-order valence-electron chi connectivity index (χ3n) is 4.06. The molecule has 1 aliphatic carbocycles. The quantitative estimate of drug-likeness (QED) is 0.598. The molecule has 2 rings (SSSR count). The summed E-state index contributed by atoms with van der Waals surface area (Å²) >= 11 is 0. The van der Waals surface area contributed by atoms with Crippen LogP contribution in [0.25, 0.3) is 0 Å². The van der Waals surface area contributed by atoms with Crippen LogP contribution in [0.4, 0.5) is 0 Å². The summed E-state index contributed by atoms with van der Waals surface area (Å²) in [6, 6.07) is 0. The summed E-state index contributed by atoms with van der Waals surface area (Å²) in [6.45, 7) is 5.24. The average molecular weight is 251 g/mol. The van der Waals surface area contributed by atoms with Gasteiger partial charge in [-0.15, -0.1) is 0 Å². The van der Waals surface area contributed by atoms with Crippen molar-refractivity contribution in [2.75, 3.05) is 6.54 Å². The fourth-order valence-electron chi connectivity index (χ4n) is 2.95. The zero-order chi connectivity index (χ0) is 13.4. The van der Waals surface area contributed by atoms with E-state index in [9.17, 15) is 14.4 Å². The van der Waals surface area contributed by atoms with E-state index in [1.54, 1.807) is 0 Å². The van der Waals surface area contributed by atoms with Crippen molar-refractivity contribution in [3.63, 3.8) is 0 Å². The molecule has 1 N–H and O–H groups in total. The molecule has 1 saturated carbocycles. The van der Waals surface area contributed by atoms with Crippen molar-refractivity contribution in [3.8, 4) is 0 Å². The molecule has 2 atom stereocenters. The number of hydrogen-bond donors (Lipinski definition) is 1. The van der Waals surface area contributed by atoms with Gasteiger partial charge in [0.15, 0.2) is 0 Å². The molecule has 5 nitrogen and oxygen atoms in total. The van der Waals surface area contributed by atoms with Crippen LogP contribution in [0.3, 0.4) is 0 Å². The standard InChI is InChI=1S/C13H17NO4/c1-3-8-4-9-10(5-8)12(16)14(11(9)15)6-7(2)13(17)18/h8-10H,2-6H2,1H3,(H,17,18). The van der Waals surface area contributed by atoms with Gasteiger partial charge in [-0.3, -0.25) is 14.5 Å². The summed E-state index contributed by atoms with van der Waals surface area (Å²) in [4.78, 5) is 35.9. The molecular weight excluding hydrogens is 234 g/mol. The maximum atomic E-state index is 12.1. The highest BCUT2D eigenvalue weighted by Gasteiger charge is 2.52. The van der Waals surface area contributed by atoms with E-state index < -0.39 is 5.97 Å². The second-order valence-corrected chi connectivity index (χ2v) is 5.13. The predicted molar refractivity (Wildman–Crippen MR) is 63.5 cm³/mol. The van der Waals surface area contributed by atoms with Crippen molar-refractivity contribution in [3.05, 3.63) is 12.2 Å². The molecule has 1 heterocycles. The van der Waals surface area contributed by atoms with Gasteiger partial charge < -0.3 is 5.11 Å². The molecule has 2 amide bonds. The molecule has 0 spiro atoms. The summed E-state index contributed by atoms with van der Waals surface area (Å²) < 4.78 is 0. The highest BCUT2D eigenvalue weighted by Crippen LogP contribution is 2.44. The van der Waals surface area contributed by atoms with Crippen LogP contribution in [-0.4, -0.2) is 34.3 Å². The highest BCUT2D eigenvalue weighted by molar-refractivity contribution is 6.06. The molecule has 2 aliphatic rings. The Labute approximate surface area is 105 Å². The molecule has 1 aliphatic heterocycles. The molecule has 0 aromatic rings. The number of hydrogen-bond acceptors (Lipinski definition) is 3. The Balaban J connectivity index is 2.10. The van der Waals surface area contributed by atoms with Crippen molar-refractivity contribution in [1.82, 2.24) is 4.90 Å². The lowest BCUT2D eigenvalue weighted by Crippen LogP contribution is -2.35. The summed E-state index contributed by atoms with van der Waals surface area (Å²) in [5.74, 6) is -1.63. The first-order valence-corrected chi connectivity index (χ1v) is 6.22. The number of aliphatic carboxylic acids is 1. The van der Waals surface area contributed by atoms with Crippen molar-refractivity contribution < 1.29 is 19.5 Å². The topological polar surface area (TPSA) is 74.7 Å². The van der Waals surface area contributed by atoms with E-state index in [1.165, 1.54) is 0 Å². The second kappa shape index (κ2) is 4.55. The minimum absolute atomic E-state index is 0.122. The lowest BCUT2D eigenvalue weighted by Gasteiger charge is -2.17. The number of amides is 2. The van der Waals surface area contributed by atoms with Crippen molar-refractivity contribution in [2.45, 2.75) is 26.2 Å². The van der Waals surface area contributed by atoms with Crippen LogP contribution in [-0.2, 0) is 14.4 Å². The van der Waals surface area contributed by atoms with Gasteiger partial charge in [0, 0.05) is 5.57 Å². The van der Waals surface area contributed by atoms with E-state index in [-0.39, 0.29) is 35.8 Å². The van der Waals surface area contributed by atoms with Crippen LogP contribution in [0.15, 0.2) is 12.2 Å². The van der Waals surface area contributed by atoms with Crippen LogP contribution in [0.2, 0.25) is 0 Å². The Morgan fingerprint density at radius 1 is 1.33 bits per heavy atom. The molecule has 1 saturated heterocycles. The molecule has 0 radical (unpaired) electrons. The fourth-order valence-corrected chi connectivity index (χ4v) is 2.95. The van der Waals surface area contributed by atoms with Gasteiger partial charge >= 0.3 is 5.97 Å². The van der Waals surface area contributed by atoms with E-state index >= 15 is 0 Å². The molecule has 2 fully saturated rings. The normalized spacial score (nSPS) is 30.7. The fraction of sp³-hybridized carbons (Fsp3) is 0.615. The maximum Gasteiger partial charge on any atom is 0.332 e. The zero-order valence-corrected chi connectivity index (χ0v) is 10.4. The van der Waals surface area contributed by atoms with E-state index in [4.69, 9.17) is 5.11 Å². The number of imide groups is 1.